The third-order valence-electron chi connectivity index (χ3n) is 3.65. The fourth-order valence-electron chi connectivity index (χ4n) is 2.55. The third kappa shape index (κ3) is 3.18. The second kappa shape index (κ2) is 5.94. The molecule has 1 N–H and O–H groups in total. The van der Waals surface area contributed by atoms with E-state index < -0.39 is 6.09 Å². The van der Waals surface area contributed by atoms with Crippen LogP contribution in [0.25, 0.3) is 0 Å². The van der Waals surface area contributed by atoms with E-state index in [0.29, 0.717) is 18.1 Å². The third-order valence-corrected chi connectivity index (χ3v) is 3.90. The van der Waals surface area contributed by atoms with Gasteiger partial charge in [0.15, 0.2) is 0 Å². The maximum atomic E-state index is 10.9. The largest absolute Gasteiger partial charge is 0.465 e. The van der Waals surface area contributed by atoms with Crippen LogP contribution in [0.4, 0.5) is 4.79 Å². The number of nitriles is 1. The minimum atomic E-state index is -0.876. The Morgan fingerprint density at radius 1 is 1.37 bits per heavy atom. The van der Waals surface area contributed by atoms with Gasteiger partial charge in [-0.25, -0.2) is 4.79 Å². The lowest BCUT2D eigenvalue weighted by Crippen LogP contribution is -2.38. The van der Waals surface area contributed by atoms with Gasteiger partial charge < -0.3 is 10.0 Å². The van der Waals surface area contributed by atoms with Gasteiger partial charge in [0, 0.05) is 18.1 Å². The molecule has 0 radical (unpaired) electrons. The normalized spacial score (nSPS) is 17.8. The first-order chi connectivity index (χ1) is 9.11. The number of piperidine rings is 1. The van der Waals surface area contributed by atoms with Crippen LogP contribution in [0.2, 0.25) is 5.02 Å². The molecular formula is C14H15ClN2O2. The maximum absolute atomic E-state index is 10.9. The molecular weight excluding hydrogens is 264 g/mol. The number of hydrogen-bond acceptors (Lipinski definition) is 2. The molecule has 4 nitrogen and oxygen atoms in total. The zero-order valence-corrected chi connectivity index (χ0v) is 11.2. The van der Waals surface area contributed by atoms with Gasteiger partial charge >= 0.3 is 6.09 Å². The number of rotatable bonds is 2. The summed E-state index contributed by atoms with van der Waals surface area (Å²) in [4.78, 5) is 12.3. The Labute approximate surface area is 117 Å². The summed E-state index contributed by atoms with van der Waals surface area (Å²) in [6.07, 6.45) is 0.582. The molecule has 0 bridgehead atoms. The molecule has 1 aromatic carbocycles. The topological polar surface area (TPSA) is 64.3 Å². The van der Waals surface area contributed by atoms with Crippen molar-refractivity contribution < 1.29 is 9.90 Å². The molecule has 19 heavy (non-hydrogen) atoms. The molecule has 1 saturated heterocycles. The first kappa shape index (κ1) is 13.7. The maximum Gasteiger partial charge on any atom is 0.407 e. The van der Waals surface area contributed by atoms with Crippen molar-refractivity contribution in [3.8, 4) is 6.07 Å². The van der Waals surface area contributed by atoms with Gasteiger partial charge in [0.25, 0.3) is 0 Å². The fourth-order valence-corrected chi connectivity index (χ4v) is 2.67. The number of benzene rings is 1. The van der Waals surface area contributed by atoms with E-state index in [-0.39, 0.29) is 11.8 Å². The van der Waals surface area contributed by atoms with Crippen LogP contribution in [0.15, 0.2) is 24.3 Å². The van der Waals surface area contributed by atoms with Crippen molar-refractivity contribution in [1.82, 2.24) is 4.90 Å². The van der Waals surface area contributed by atoms with E-state index in [2.05, 4.69) is 6.07 Å². The summed E-state index contributed by atoms with van der Waals surface area (Å²) in [5.74, 6) is 0.0231. The number of halogens is 1. The van der Waals surface area contributed by atoms with Crippen molar-refractivity contribution in [1.29, 1.82) is 5.26 Å². The Morgan fingerprint density at radius 2 is 1.95 bits per heavy atom. The Balaban J connectivity index is 2.06. The standard InChI is InChI=1S/C14H15ClN2O2/c15-12-3-1-10(2-4-12)13(9-16)11-5-7-17(8-6-11)14(18)19/h1-4,11,13H,5-8H2,(H,18,19). The molecule has 1 fully saturated rings. The SMILES string of the molecule is N#CC(c1ccc(Cl)cc1)C1CCN(C(=O)O)CC1. The van der Waals surface area contributed by atoms with E-state index in [4.69, 9.17) is 16.7 Å². The summed E-state index contributed by atoms with van der Waals surface area (Å²) in [6, 6.07) is 9.66. The molecule has 1 heterocycles. The van der Waals surface area contributed by atoms with Crippen molar-refractivity contribution in [2.45, 2.75) is 18.8 Å². The van der Waals surface area contributed by atoms with E-state index in [1.807, 2.05) is 12.1 Å². The molecule has 0 aromatic heterocycles. The van der Waals surface area contributed by atoms with Gasteiger partial charge in [-0.15, -0.1) is 0 Å². The Bertz CT molecular complexity index is 487. The number of amides is 1. The van der Waals surface area contributed by atoms with Gasteiger partial charge in [-0.2, -0.15) is 5.26 Å². The highest BCUT2D eigenvalue weighted by Crippen LogP contribution is 2.32. The van der Waals surface area contributed by atoms with Crippen molar-refractivity contribution in [3.63, 3.8) is 0 Å². The number of carboxylic acid groups (broad SMARTS) is 1. The summed E-state index contributed by atoms with van der Waals surface area (Å²) < 4.78 is 0. The van der Waals surface area contributed by atoms with Crippen molar-refractivity contribution in [2.24, 2.45) is 5.92 Å². The zero-order chi connectivity index (χ0) is 13.8. The molecule has 0 saturated carbocycles. The van der Waals surface area contributed by atoms with Crippen LogP contribution in [0.1, 0.15) is 24.3 Å². The molecule has 0 spiro atoms. The number of carbonyl (C=O) groups is 1. The first-order valence-corrected chi connectivity index (χ1v) is 6.62. The van der Waals surface area contributed by atoms with Crippen LogP contribution >= 0.6 is 11.6 Å². The van der Waals surface area contributed by atoms with Crippen LogP contribution in [-0.4, -0.2) is 29.2 Å². The lowest BCUT2D eigenvalue weighted by Gasteiger charge is -2.32. The molecule has 1 atom stereocenters. The smallest absolute Gasteiger partial charge is 0.407 e. The average molecular weight is 279 g/mol. The van der Waals surface area contributed by atoms with Gasteiger partial charge in [-0.1, -0.05) is 23.7 Å². The monoisotopic (exact) mass is 278 g/mol. The van der Waals surface area contributed by atoms with Gasteiger partial charge in [0.1, 0.15) is 0 Å². The summed E-state index contributed by atoms with van der Waals surface area (Å²) in [5.41, 5.74) is 0.959. The predicted octanol–water partition coefficient (Wildman–Crippen LogP) is 3.34. The number of likely N-dealkylation sites (tertiary alicyclic amines) is 1. The van der Waals surface area contributed by atoms with Crippen molar-refractivity contribution >= 4 is 17.7 Å². The van der Waals surface area contributed by atoms with E-state index in [9.17, 15) is 10.1 Å². The molecule has 5 heteroatoms. The summed E-state index contributed by atoms with van der Waals surface area (Å²) >= 11 is 5.84. The molecule has 1 unspecified atom stereocenters. The molecule has 1 aliphatic heterocycles. The second-order valence-electron chi connectivity index (χ2n) is 4.77. The molecule has 1 aliphatic rings. The van der Waals surface area contributed by atoms with Crippen LogP contribution in [0, 0.1) is 17.2 Å². The predicted molar refractivity (Wildman–Crippen MR) is 72.1 cm³/mol. The Morgan fingerprint density at radius 3 is 2.42 bits per heavy atom. The first-order valence-electron chi connectivity index (χ1n) is 6.24. The molecule has 2 rings (SSSR count). The van der Waals surface area contributed by atoms with Crippen LogP contribution in [0.3, 0.4) is 0 Å². The van der Waals surface area contributed by atoms with Crippen LogP contribution in [-0.2, 0) is 0 Å². The van der Waals surface area contributed by atoms with Gasteiger partial charge in [0.05, 0.1) is 12.0 Å². The van der Waals surface area contributed by atoms with Gasteiger partial charge in [-0.3, -0.25) is 0 Å². The van der Waals surface area contributed by atoms with Crippen molar-refractivity contribution in [3.05, 3.63) is 34.9 Å². The Kier molecular flexibility index (Phi) is 4.28. The van der Waals surface area contributed by atoms with E-state index in [0.717, 1.165) is 18.4 Å². The second-order valence-corrected chi connectivity index (χ2v) is 5.20. The average Bonchev–Trinajstić information content (AvgIpc) is 2.42. The summed E-state index contributed by atoms with van der Waals surface area (Å²) in [5, 5.41) is 18.9. The highest BCUT2D eigenvalue weighted by Gasteiger charge is 2.29. The minimum Gasteiger partial charge on any atom is -0.465 e. The molecule has 1 amide bonds. The lowest BCUT2D eigenvalue weighted by molar-refractivity contribution is 0.122. The Hall–Kier alpha value is -1.73. The fraction of sp³-hybridized carbons (Fsp3) is 0.429. The van der Waals surface area contributed by atoms with Gasteiger partial charge in [-0.05, 0) is 36.5 Å². The van der Waals surface area contributed by atoms with E-state index in [1.54, 1.807) is 12.1 Å². The highest BCUT2D eigenvalue weighted by atomic mass is 35.5. The van der Waals surface area contributed by atoms with E-state index >= 15 is 0 Å². The highest BCUT2D eigenvalue weighted by molar-refractivity contribution is 6.30. The molecule has 0 aliphatic carbocycles. The van der Waals surface area contributed by atoms with Crippen LogP contribution in [0.5, 0.6) is 0 Å². The minimum absolute atomic E-state index is 0.187. The number of hydrogen-bond donors (Lipinski definition) is 1. The lowest BCUT2D eigenvalue weighted by atomic mass is 9.81. The summed E-state index contributed by atoms with van der Waals surface area (Å²) in [6.45, 7) is 1.01. The zero-order valence-electron chi connectivity index (χ0n) is 10.4. The molecule has 100 valence electrons. The summed E-state index contributed by atoms with van der Waals surface area (Å²) in [7, 11) is 0. The molecule has 1 aromatic rings. The van der Waals surface area contributed by atoms with Gasteiger partial charge in [0.2, 0.25) is 0 Å². The van der Waals surface area contributed by atoms with Crippen molar-refractivity contribution in [2.75, 3.05) is 13.1 Å². The quantitative estimate of drug-likeness (QED) is 0.902. The number of nitrogens with zero attached hydrogens (tertiary/aromatic N) is 2. The van der Waals surface area contributed by atoms with Crippen LogP contribution < -0.4 is 0 Å². The van der Waals surface area contributed by atoms with E-state index in [1.165, 1.54) is 4.90 Å².